The summed E-state index contributed by atoms with van der Waals surface area (Å²) in [6.07, 6.45) is 2.43. The summed E-state index contributed by atoms with van der Waals surface area (Å²) in [5, 5.41) is 0. The highest BCUT2D eigenvalue weighted by Crippen LogP contribution is 2.31. The number of nitrogen functional groups attached to an aromatic ring is 1. The Bertz CT molecular complexity index is 559. The average molecular weight is 282 g/mol. The van der Waals surface area contributed by atoms with E-state index < -0.39 is 9.84 Å². The second-order valence-corrected chi connectivity index (χ2v) is 7.86. The molecular weight excluding hydrogens is 260 g/mol. The third-order valence-corrected chi connectivity index (χ3v) is 4.75. The monoisotopic (exact) mass is 282 g/mol. The molecule has 0 bridgehead atoms. The molecule has 0 saturated carbocycles. The van der Waals surface area contributed by atoms with Crippen LogP contribution >= 0.6 is 0 Å². The van der Waals surface area contributed by atoms with Crippen LogP contribution in [-0.4, -0.2) is 27.8 Å². The number of sulfone groups is 1. The van der Waals surface area contributed by atoms with E-state index in [4.69, 9.17) is 5.73 Å². The topological polar surface area (TPSA) is 63.4 Å². The molecule has 1 aliphatic heterocycles. The molecule has 1 aliphatic rings. The average Bonchev–Trinajstić information content (AvgIpc) is 2.26. The van der Waals surface area contributed by atoms with Crippen molar-refractivity contribution in [1.29, 1.82) is 0 Å². The van der Waals surface area contributed by atoms with Gasteiger partial charge in [-0.3, -0.25) is 0 Å². The maximum absolute atomic E-state index is 11.5. The first-order chi connectivity index (χ1) is 8.77. The van der Waals surface area contributed by atoms with E-state index >= 15 is 0 Å². The van der Waals surface area contributed by atoms with Gasteiger partial charge < -0.3 is 10.6 Å². The Balaban J connectivity index is 2.31. The van der Waals surface area contributed by atoms with Crippen molar-refractivity contribution >= 4 is 21.2 Å². The number of hydrogen-bond donors (Lipinski definition) is 1. The lowest BCUT2D eigenvalue weighted by atomic mass is 9.91. The van der Waals surface area contributed by atoms with E-state index in [0.717, 1.165) is 18.8 Å². The molecule has 2 N–H and O–H groups in total. The predicted octanol–water partition coefficient (Wildman–Crippen LogP) is 2.15. The number of rotatable bonds is 2. The molecule has 1 saturated heterocycles. The van der Waals surface area contributed by atoms with E-state index in [-0.39, 0.29) is 4.90 Å². The van der Waals surface area contributed by atoms with Gasteiger partial charge in [-0.2, -0.15) is 0 Å². The fraction of sp³-hybridized carbons (Fsp3) is 0.571. The molecule has 2 unspecified atom stereocenters. The first-order valence-electron chi connectivity index (χ1n) is 6.62. The Morgan fingerprint density at radius 2 is 1.79 bits per heavy atom. The smallest absolute Gasteiger partial charge is 0.175 e. The highest BCUT2D eigenvalue weighted by molar-refractivity contribution is 7.90. The highest BCUT2D eigenvalue weighted by atomic mass is 32.2. The molecule has 106 valence electrons. The van der Waals surface area contributed by atoms with Crippen molar-refractivity contribution in [1.82, 2.24) is 0 Å². The Hall–Kier alpha value is -1.23. The molecule has 1 heterocycles. The third-order valence-electron chi connectivity index (χ3n) is 3.64. The minimum absolute atomic E-state index is 0.284. The van der Waals surface area contributed by atoms with Crippen molar-refractivity contribution in [3.63, 3.8) is 0 Å². The zero-order valence-electron chi connectivity index (χ0n) is 11.8. The lowest BCUT2D eigenvalue weighted by Gasteiger charge is -2.37. The molecule has 2 rings (SSSR count). The van der Waals surface area contributed by atoms with Gasteiger partial charge in [0.25, 0.3) is 0 Å². The summed E-state index contributed by atoms with van der Waals surface area (Å²) in [4.78, 5) is 2.55. The first kappa shape index (κ1) is 14.2. The van der Waals surface area contributed by atoms with Crippen molar-refractivity contribution in [2.24, 2.45) is 11.8 Å². The van der Waals surface area contributed by atoms with E-state index in [0.29, 0.717) is 17.5 Å². The second-order valence-electron chi connectivity index (χ2n) is 5.84. The summed E-state index contributed by atoms with van der Waals surface area (Å²) in [7, 11) is -3.19. The van der Waals surface area contributed by atoms with Gasteiger partial charge in [0.05, 0.1) is 16.3 Å². The number of nitrogens with two attached hydrogens (primary N) is 1. The normalized spacial score (nSPS) is 24.5. The summed E-state index contributed by atoms with van der Waals surface area (Å²) in [5.41, 5.74) is 7.53. The van der Waals surface area contributed by atoms with Gasteiger partial charge in [0.15, 0.2) is 9.84 Å². The molecule has 0 aliphatic carbocycles. The van der Waals surface area contributed by atoms with Crippen LogP contribution in [0.3, 0.4) is 0 Å². The van der Waals surface area contributed by atoms with Crippen LogP contribution in [0.2, 0.25) is 0 Å². The lowest BCUT2D eigenvalue weighted by molar-refractivity contribution is 0.357. The van der Waals surface area contributed by atoms with E-state index in [9.17, 15) is 8.42 Å². The van der Waals surface area contributed by atoms with E-state index in [2.05, 4.69) is 18.7 Å². The fourth-order valence-corrected chi connectivity index (χ4v) is 3.57. The highest BCUT2D eigenvalue weighted by Gasteiger charge is 2.23. The van der Waals surface area contributed by atoms with Gasteiger partial charge in [0.2, 0.25) is 0 Å². The molecule has 4 nitrogen and oxygen atoms in total. The number of anilines is 2. The quantitative estimate of drug-likeness (QED) is 0.844. The van der Waals surface area contributed by atoms with Crippen molar-refractivity contribution in [2.75, 3.05) is 30.0 Å². The molecular formula is C14H22N2O2S. The van der Waals surface area contributed by atoms with Crippen LogP contribution in [0.5, 0.6) is 0 Å². The van der Waals surface area contributed by atoms with Gasteiger partial charge in [-0.1, -0.05) is 13.8 Å². The lowest BCUT2D eigenvalue weighted by Crippen LogP contribution is -2.39. The number of benzene rings is 1. The SMILES string of the molecule is CC1CC(C)CN(c2ccc(S(C)(=O)=O)cc2N)C1. The van der Waals surface area contributed by atoms with Crippen LogP contribution in [0.4, 0.5) is 11.4 Å². The summed E-state index contributed by atoms with van der Waals surface area (Å²) in [6.45, 7) is 6.44. The van der Waals surface area contributed by atoms with E-state index in [1.165, 1.54) is 12.7 Å². The van der Waals surface area contributed by atoms with Gasteiger partial charge >= 0.3 is 0 Å². The molecule has 0 aromatic heterocycles. The van der Waals surface area contributed by atoms with Crippen LogP contribution in [0.25, 0.3) is 0 Å². The Labute approximate surface area is 115 Å². The maximum Gasteiger partial charge on any atom is 0.175 e. The van der Waals surface area contributed by atoms with E-state index in [1.807, 2.05) is 6.07 Å². The number of piperidine rings is 1. The van der Waals surface area contributed by atoms with Gasteiger partial charge in [-0.15, -0.1) is 0 Å². The third kappa shape index (κ3) is 3.21. The molecule has 0 amide bonds. The van der Waals surface area contributed by atoms with Crippen LogP contribution in [0.1, 0.15) is 20.3 Å². The zero-order valence-corrected chi connectivity index (χ0v) is 12.6. The predicted molar refractivity (Wildman–Crippen MR) is 79.1 cm³/mol. The van der Waals surface area contributed by atoms with Gasteiger partial charge in [0, 0.05) is 19.3 Å². The summed E-state index contributed by atoms with van der Waals surface area (Å²) >= 11 is 0. The summed E-state index contributed by atoms with van der Waals surface area (Å²) in [5.74, 6) is 1.27. The van der Waals surface area contributed by atoms with Gasteiger partial charge in [0.1, 0.15) is 0 Å². The van der Waals surface area contributed by atoms with Crippen molar-refractivity contribution in [3.05, 3.63) is 18.2 Å². The van der Waals surface area contributed by atoms with Gasteiger partial charge in [-0.25, -0.2) is 8.42 Å². The molecule has 19 heavy (non-hydrogen) atoms. The van der Waals surface area contributed by atoms with Gasteiger partial charge in [-0.05, 0) is 36.5 Å². The molecule has 2 atom stereocenters. The second kappa shape index (κ2) is 5.04. The largest absolute Gasteiger partial charge is 0.397 e. The minimum Gasteiger partial charge on any atom is -0.397 e. The van der Waals surface area contributed by atoms with Crippen LogP contribution in [0, 0.1) is 11.8 Å². The molecule has 1 aromatic rings. The van der Waals surface area contributed by atoms with Crippen molar-refractivity contribution in [2.45, 2.75) is 25.2 Å². The molecule has 5 heteroatoms. The molecule has 1 aromatic carbocycles. The summed E-state index contributed by atoms with van der Waals surface area (Å²) < 4.78 is 23.0. The Kier molecular flexibility index (Phi) is 3.76. The molecule has 1 fully saturated rings. The van der Waals surface area contributed by atoms with Crippen LogP contribution in [-0.2, 0) is 9.84 Å². The van der Waals surface area contributed by atoms with Crippen LogP contribution < -0.4 is 10.6 Å². The first-order valence-corrected chi connectivity index (χ1v) is 8.51. The molecule has 0 spiro atoms. The number of hydrogen-bond acceptors (Lipinski definition) is 4. The fourth-order valence-electron chi connectivity index (χ4n) is 2.91. The van der Waals surface area contributed by atoms with Crippen LogP contribution in [0.15, 0.2) is 23.1 Å². The number of nitrogens with zero attached hydrogens (tertiary/aromatic N) is 1. The van der Waals surface area contributed by atoms with Crippen molar-refractivity contribution < 1.29 is 8.42 Å². The van der Waals surface area contributed by atoms with Crippen molar-refractivity contribution in [3.8, 4) is 0 Å². The molecule has 0 radical (unpaired) electrons. The zero-order chi connectivity index (χ0) is 14.2. The standard InChI is InChI=1S/C14H22N2O2S/c1-10-6-11(2)9-16(8-10)14-5-4-12(7-13(14)15)19(3,17)18/h4-5,7,10-11H,6,8-9,15H2,1-3H3. The Morgan fingerprint density at radius 1 is 1.21 bits per heavy atom. The maximum atomic E-state index is 11.5. The Morgan fingerprint density at radius 3 is 2.26 bits per heavy atom. The minimum atomic E-state index is -3.19. The summed E-state index contributed by atoms with van der Waals surface area (Å²) in [6, 6.07) is 5.04. The van der Waals surface area contributed by atoms with E-state index in [1.54, 1.807) is 12.1 Å².